The molecule has 134 valence electrons. The van der Waals surface area contributed by atoms with Crippen LogP contribution >= 0.6 is 0 Å². The second-order valence-corrected chi connectivity index (χ2v) is 12.1. The van der Waals surface area contributed by atoms with Crippen LogP contribution in [-0.4, -0.2) is 44.3 Å². The fourth-order valence-corrected chi connectivity index (χ4v) is 8.71. The molecule has 2 nitrogen and oxygen atoms in total. The van der Waals surface area contributed by atoms with Crippen molar-refractivity contribution in [3.05, 3.63) is 84.9 Å². The predicted octanol–water partition coefficient (Wildman–Crippen LogP) is 0.740. The lowest BCUT2D eigenvalue weighted by atomic mass is 10.3. The summed E-state index contributed by atoms with van der Waals surface area (Å²) in [5, 5.41) is 5.74. The summed E-state index contributed by atoms with van der Waals surface area (Å²) >= 11 is 0. The van der Waals surface area contributed by atoms with Gasteiger partial charge in [0.2, 0.25) is 0 Å². The minimum Gasteiger partial charge on any atom is -0.387 e. The number of hydrogen-bond acceptors (Lipinski definition) is 2. The molecular weight excluding hydrogens is 352 g/mol. The van der Waals surface area contributed by atoms with E-state index in [1.54, 1.807) is 14.2 Å². The van der Waals surface area contributed by atoms with E-state index in [4.69, 9.17) is 9.47 Å². The highest BCUT2D eigenvalue weighted by molar-refractivity contribution is 6.87. The van der Waals surface area contributed by atoms with Crippen molar-refractivity contribution in [3.8, 4) is 0 Å². The van der Waals surface area contributed by atoms with Gasteiger partial charge in [-0.15, -0.1) is 0 Å². The van der Waals surface area contributed by atoms with Crippen molar-refractivity contribution in [2.24, 2.45) is 0 Å². The molecular formula is C22H26O2Si2. The average molecular weight is 379 g/mol. The third-order valence-electron chi connectivity index (χ3n) is 4.79. The molecule has 0 aliphatic heterocycles. The Morgan fingerprint density at radius 2 is 0.923 bits per heavy atom. The molecule has 2 unspecified atom stereocenters. The zero-order chi connectivity index (χ0) is 18.2. The standard InChI is InChI=1S/C22H26O2Si2/c1-23-17-25(19-10-5-3-6-11-19)21-14-9-15-22(16-21)26(18-24-2)20-12-7-4-8-13-20/h3-16,25-26H,17-18H2,1-2H3. The Kier molecular flexibility index (Phi) is 6.97. The zero-order valence-corrected chi connectivity index (χ0v) is 17.8. The van der Waals surface area contributed by atoms with Gasteiger partial charge in [-0.05, 0) is 0 Å². The van der Waals surface area contributed by atoms with Crippen LogP contribution in [0, 0.1) is 0 Å². The van der Waals surface area contributed by atoms with E-state index in [1.807, 2.05) is 0 Å². The van der Waals surface area contributed by atoms with E-state index in [0.29, 0.717) is 0 Å². The molecule has 3 aromatic carbocycles. The second kappa shape index (κ2) is 9.64. The largest absolute Gasteiger partial charge is 0.387 e. The molecule has 0 N–H and O–H groups in total. The van der Waals surface area contributed by atoms with Crippen LogP contribution in [0.3, 0.4) is 0 Å². The summed E-state index contributed by atoms with van der Waals surface area (Å²) in [6.45, 7) is 0. The summed E-state index contributed by atoms with van der Waals surface area (Å²) in [5.41, 5.74) is 0. The van der Waals surface area contributed by atoms with Gasteiger partial charge in [-0.3, -0.25) is 0 Å². The van der Waals surface area contributed by atoms with Gasteiger partial charge in [0.1, 0.15) is 17.6 Å². The van der Waals surface area contributed by atoms with Gasteiger partial charge in [0.15, 0.2) is 0 Å². The first kappa shape index (κ1) is 18.8. The van der Waals surface area contributed by atoms with Crippen LogP contribution in [-0.2, 0) is 9.47 Å². The lowest BCUT2D eigenvalue weighted by Gasteiger charge is -2.20. The predicted molar refractivity (Wildman–Crippen MR) is 116 cm³/mol. The number of hydrogen-bond donors (Lipinski definition) is 0. The third-order valence-corrected chi connectivity index (χ3v) is 10.8. The minimum absolute atomic E-state index is 0.815. The fourth-order valence-electron chi connectivity index (χ4n) is 3.47. The van der Waals surface area contributed by atoms with Gasteiger partial charge in [-0.25, -0.2) is 0 Å². The number of rotatable bonds is 8. The summed E-state index contributed by atoms with van der Waals surface area (Å²) in [6.07, 6.45) is 1.63. The molecule has 0 aliphatic rings. The fraction of sp³-hybridized carbons (Fsp3) is 0.182. The van der Waals surface area contributed by atoms with Gasteiger partial charge in [0.05, 0.1) is 0 Å². The van der Waals surface area contributed by atoms with E-state index in [0.717, 1.165) is 12.5 Å². The van der Waals surface area contributed by atoms with Crippen LogP contribution in [0.15, 0.2) is 84.9 Å². The first-order valence-corrected chi connectivity index (χ1v) is 13.0. The minimum atomic E-state index is -1.37. The van der Waals surface area contributed by atoms with E-state index >= 15 is 0 Å². The maximum Gasteiger partial charge on any atom is 0.130 e. The van der Waals surface area contributed by atoms with Gasteiger partial charge in [0.25, 0.3) is 0 Å². The molecule has 0 amide bonds. The molecule has 0 spiro atoms. The van der Waals surface area contributed by atoms with Crippen molar-refractivity contribution in [3.63, 3.8) is 0 Å². The topological polar surface area (TPSA) is 18.5 Å². The van der Waals surface area contributed by atoms with Gasteiger partial charge in [-0.2, -0.15) is 0 Å². The van der Waals surface area contributed by atoms with Crippen LogP contribution in [0.4, 0.5) is 0 Å². The Morgan fingerprint density at radius 3 is 1.31 bits per heavy atom. The number of ether oxygens (including phenoxy) is 2. The molecule has 0 saturated heterocycles. The molecule has 0 aliphatic carbocycles. The van der Waals surface area contributed by atoms with Crippen LogP contribution in [0.25, 0.3) is 0 Å². The van der Waals surface area contributed by atoms with Crippen molar-refractivity contribution < 1.29 is 9.47 Å². The monoisotopic (exact) mass is 378 g/mol. The summed E-state index contributed by atoms with van der Waals surface area (Å²) in [4.78, 5) is 0. The van der Waals surface area contributed by atoms with E-state index in [-0.39, 0.29) is 0 Å². The smallest absolute Gasteiger partial charge is 0.130 e. The average Bonchev–Trinajstić information content (AvgIpc) is 2.71. The first-order chi connectivity index (χ1) is 12.8. The molecule has 0 bridgehead atoms. The molecule has 2 atom stereocenters. The Morgan fingerprint density at radius 1 is 0.538 bits per heavy atom. The lowest BCUT2D eigenvalue weighted by Crippen LogP contribution is -2.51. The van der Waals surface area contributed by atoms with Crippen molar-refractivity contribution >= 4 is 38.3 Å². The van der Waals surface area contributed by atoms with E-state index in [2.05, 4.69) is 84.9 Å². The van der Waals surface area contributed by atoms with Crippen LogP contribution in [0.2, 0.25) is 0 Å². The highest BCUT2D eigenvalue weighted by atomic mass is 28.3. The quantitative estimate of drug-likeness (QED) is 0.539. The summed E-state index contributed by atoms with van der Waals surface area (Å²) < 4.78 is 11.2. The Hall–Kier alpha value is -1.99. The molecule has 26 heavy (non-hydrogen) atoms. The maximum atomic E-state index is 5.59. The van der Waals surface area contributed by atoms with Crippen LogP contribution < -0.4 is 20.7 Å². The molecule has 0 saturated carbocycles. The molecule has 3 rings (SSSR count). The van der Waals surface area contributed by atoms with Crippen molar-refractivity contribution in [2.45, 2.75) is 0 Å². The van der Waals surface area contributed by atoms with Crippen molar-refractivity contribution in [2.75, 3.05) is 26.7 Å². The van der Waals surface area contributed by atoms with Gasteiger partial charge < -0.3 is 9.47 Å². The molecule has 4 heteroatoms. The molecule has 3 aromatic rings. The molecule has 0 radical (unpaired) electrons. The van der Waals surface area contributed by atoms with E-state index < -0.39 is 17.6 Å². The number of methoxy groups -OCH3 is 2. The highest BCUT2D eigenvalue weighted by Crippen LogP contribution is 1.96. The SMILES string of the molecule is COC[SiH](c1ccccc1)c1cccc([SiH](COC)c2ccccc2)c1. The third kappa shape index (κ3) is 4.59. The van der Waals surface area contributed by atoms with E-state index in [9.17, 15) is 0 Å². The Bertz CT molecular complexity index is 729. The molecule has 0 fully saturated rings. The summed E-state index contributed by atoms with van der Waals surface area (Å²) in [6, 6.07) is 30.8. The summed E-state index contributed by atoms with van der Waals surface area (Å²) in [7, 11) is 0.861. The second-order valence-electron chi connectivity index (χ2n) is 6.51. The van der Waals surface area contributed by atoms with Crippen molar-refractivity contribution in [1.82, 2.24) is 0 Å². The number of benzene rings is 3. The van der Waals surface area contributed by atoms with Crippen molar-refractivity contribution in [1.29, 1.82) is 0 Å². The van der Waals surface area contributed by atoms with E-state index in [1.165, 1.54) is 20.7 Å². The summed E-state index contributed by atoms with van der Waals surface area (Å²) in [5.74, 6) is 0. The van der Waals surface area contributed by atoms with Gasteiger partial charge >= 0.3 is 0 Å². The van der Waals surface area contributed by atoms with Gasteiger partial charge in [0, 0.05) is 26.7 Å². The molecule has 0 heterocycles. The van der Waals surface area contributed by atoms with Gasteiger partial charge in [-0.1, -0.05) is 106 Å². The zero-order valence-electron chi connectivity index (χ0n) is 15.5. The maximum absolute atomic E-state index is 5.59. The lowest BCUT2D eigenvalue weighted by molar-refractivity contribution is 0.251. The first-order valence-electron chi connectivity index (χ1n) is 9.01. The van der Waals surface area contributed by atoms with Crippen LogP contribution in [0.5, 0.6) is 0 Å². The highest BCUT2D eigenvalue weighted by Gasteiger charge is 2.20. The van der Waals surface area contributed by atoms with Crippen LogP contribution in [0.1, 0.15) is 0 Å². The Balaban J connectivity index is 1.97. The molecule has 0 aromatic heterocycles. The normalized spacial score (nSPS) is 13.3. The Labute approximate surface area is 159 Å².